The van der Waals surface area contributed by atoms with Gasteiger partial charge >= 0.3 is 0 Å². The van der Waals surface area contributed by atoms with E-state index in [-0.39, 0.29) is 0 Å². The highest BCUT2D eigenvalue weighted by atomic mass is 79.9. The van der Waals surface area contributed by atoms with E-state index in [0.29, 0.717) is 0 Å². The largest absolute Gasteiger partial charge is 0.389 e. The van der Waals surface area contributed by atoms with Crippen molar-refractivity contribution < 1.29 is 5.11 Å². The first-order valence-corrected chi connectivity index (χ1v) is 5.94. The maximum Gasteiger partial charge on any atom is 0.0961 e. The number of hydrogen-bond donors (Lipinski definition) is 1. The summed E-state index contributed by atoms with van der Waals surface area (Å²) in [6.07, 6.45) is -0.462. The van der Waals surface area contributed by atoms with Crippen molar-refractivity contribution in [1.29, 1.82) is 0 Å². The molecule has 0 saturated carbocycles. The lowest BCUT2D eigenvalue weighted by molar-refractivity contribution is 0.198. The molecule has 0 aliphatic carbocycles. The average Bonchev–Trinajstić information content (AvgIpc) is 2.46. The molecular formula is C10H10BrNOS. The molecule has 0 saturated heterocycles. The van der Waals surface area contributed by atoms with Gasteiger partial charge in [-0.25, -0.2) is 4.98 Å². The summed E-state index contributed by atoms with van der Waals surface area (Å²) in [5, 5.41) is 10.6. The molecule has 0 aliphatic rings. The first kappa shape index (κ1) is 10.1. The van der Waals surface area contributed by atoms with E-state index in [0.717, 1.165) is 25.3 Å². The minimum atomic E-state index is -0.462. The number of halogens is 1. The van der Waals surface area contributed by atoms with Crippen LogP contribution in [0.3, 0.4) is 0 Å². The zero-order valence-electron chi connectivity index (χ0n) is 7.91. The van der Waals surface area contributed by atoms with E-state index in [1.54, 1.807) is 18.3 Å². The molecular weight excluding hydrogens is 262 g/mol. The summed E-state index contributed by atoms with van der Waals surface area (Å²) in [5.74, 6) is 0. The number of benzene rings is 1. The van der Waals surface area contributed by atoms with Gasteiger partial charge in [0.05, 0.1) is 25.8 Å². The minimum absolute atomic E-state index is 0.462. The zero-order chi connectivity index (χ0) is 10.3. The SMILES string of the molecule is Cc1nc2c(Br)c(C(C)O)ccc2s1. The van der Waals surface area contributed by atoms with Crippen molar-refractivity contribution in [3.05, 3.63) is 27.2 Å². The van der Waals surface area contributed by atoms with Crippen molar-refractivity contribution in [2.24, 2.45) is 0 Å². The molecule has 2 rings (SSSR count). The predicted octanol–water partition coefficient (Wildman–Crippen LogP) is 3.42. The topological polar surface area (TPSA) is 33.1 Å². The van der Waals surface area contributed by atoms with Crippen LogP contribution in [0.2, 0.25) is 0 Å². The molecule has 1 aromatic heterocycles. The fourth-order valence-corrected chi connectivity index (χ4v) is 3.14. The highest BCUT2D eigenvalue weighted by Crippen LogP contribution is 2.33. The van der Waals surface area contributed by atoms with Crippen molar-refractivity contribution in [1.82, 2.24) is 4.98 Å². The Morgan fingerprint density at radius 3 is 2.86 bits per heavy atom. The molecule has 2 nitrogen and oxygen atoms in total. The third kappa shape index (κ3) is 1.58. The summed E-state index contributed by atoms with van der Waals surface area (Å²) in [4.78, 5) is 4.42. The molecule has 1 aromatic carbocycles. The standard InChI is InChI=1S/C10H10BrNOS/c1-5(13)7-3-4-8-10(9(7)11)12-6(2)14-8/h3-5,13H,1-2H3. The smallest absolute Gasteiger partial charge is 0.0961 e. The van der Waals surface area contributed by atoms with Gasteiger partial charge in [0.25, 0.3) is 0 Å². The van der Waals surface area contributed by atoms with Crippen LogP contribution in [-0.4, -0.2) is 10.1 Å². The number of aliphatic hydroxyl groups excluding tert-OH is 1. The average molecular weight is 272 g/mol. The Morgan fingerprint density at radius 1 is 1.50 bits per heavy atom. The van der Waals surface area contributed by atoms with E-state index in [9.17, 15) is 5.11 Å². The van der Waals surface area contributed by atoms with Crippen LogP contribution < -0.4 is 0 Å². The third-order valence-corrected chi connectivity index (χ3v) is 3.86. The molecule has 1 heterocycles. The Hall–Kier alpha value is -0.450. The quantitative estimate of drug-likeness (QED) is 0.862. The summed E-state index contributed by atoms with van der Waals surface area (Å²) < 4.78 is 2.06. The lowest BCUT2D eigenvalue weighted by Crippen LogP contribution is -1.92. The number of aryl methyl sites for hydroxylation is 1. The normalized spacial score (nSPS) is 13.4. The lowest BCUT2D eigenvalue weighted by atomic mass is 10.1. The minimum Gasteiger partial charge on any atom is -0.389 e. The van der Waals surface area contributed by atoms with Crippen LogP contribution in [0.25, 0.3) is 10.2 Å². The van der Waals surface area contributed by atoms with Crippen molar-refractivity contribution in [2.45, 2.75) is 20.0 Å². The maximum absolute atomic E-state index is 9.52. The van der Waals surface area contributed by atoms with E-state index in [2.05, 4.69) is 20.9 Å². The first-order chi connectivity index (χ1) is 6.59. The lowest BCUT2D eigenvalue weighted by Gasteiger charge is -2.06. The monoisotopic (exact) mass is 271 g/mol. The molecule has 1 unspecified atom stereocenters. The van der Waals surface area contributed by atoms with Crippen LogP contribution >= 0.6 is 27.3 Å². The number of rotatable bonds is 1. The fourth-order valence-electron chi connectivity index (χ4n) is 1.41. The predicted molar refractivity (Wildman–Crippen MR) is 62.7 cm³/mol. The second-order valence-electron chi connectivity index (χ2n) is 3.22. The van der Waals surface area contributed by atoms with E-state index >= 15 is 0 Å². The Kier molecular flexibility index (Phi) is 2.60. The van der Waals surface area contributed by atoms with Gasteiger partial charge in [-0.15, -0.1) is 11.3 Å². The fraction of sp³-hybridized carbons (Fsp3) is 0.300. The zero-order valence-corrected chi connectivity index (χ0v) is 10.3. The van der Waals surface area contributed by atoms with Gasteiger partial charge < -0.3 is 5.11 Å². The van der Waals surface area contributed by atoms with E-state index in [1.807, 2.05) is 19.1 Å². The van der Waals surface area contributed by atoms with Gasteiger partial charge in [-0.3, -0.25) is 0 Å². The highest BCUT2D eigenvalue weighted by molar-refractivity contribution is 9.10. The van der Waals surface area contributed by atoms with Crippen LogP contribution in [0.5, 0.6) is 0 Å². The molecule has 0 amide bonds. The second kappa shape index (κ2) is 3.61. The molecule has 74 valence electrons. The van der Waals surface area contributed by atoms with Gasteiger partial charge in [0, 0.05) is 0 Å². The van der Waals surface area contributed by atoms with Gasteiger partial charge in [-0.1, -0.05) is 6.07 Å². The second-order valence-corrected chi connectivity index (χ2v) is 5.25. The van der Waals surface area contributed by atoms with Crippen LogP contribution in [0.1, 0.15) is 23.6 Å². The number of hydrogen-bond acceptors (Lipinski definition) is 3. The molecule has 0 fully saturated rings. The van der Waals surface area contributed by atoms with Crippen LogP contribution in [-0.2, 0) is 0 Å². The van der Waals surface area contributed by atoms with Gasteiger partial charge in [-0.05, 0) is 41.4 Å². The number of nitrogens with zero attached hydrogens (tertiary/aromatic N) is 1. The van der Waals surface area contributed by atoms with Gasteiger partial charge in [0.1, 0.15) is 0 Å². The molecule has 1 N–H and O–H groups in total. The van der Waals surface area contributed by atoms with Crippen LogP contribution in [0, 0.1) is 6.92 Å². The summed E-state index contributed by atoms with van der Waals surface area (Å²) in [5.41, 5.74) is 1.84. The number of aliphatic hydroxyl groups is 1. The first-order valence-electron chi connectivity index (χ1n) is 4.33. The summed E-state index contributed by atoms with van der Waals surface area (Å²) in [7, 11) is 0. The third-order valence-electron chi connectivity index (χ3n) is 2.09. The maximum atomic E-state index is 9.52. The van der Waals surface area contributed by atoms with Gasteiger partial charge in [-0.2, -0.15) is 0 Å². The van der Waals surface area contributed by atoms with Crippen LogP contribution in [0.15, 0.2) is 16.6 Å². The molecule has 0 spiro atoms. The molecule has 0 aliphatic heterocycles. The number of aromatic nitrogens is 1. The van der Waals surface area contributed by atoms with Gasteiger partial charge in [0.15, 0.2) is 0 Å². The van der Waals surface area contributed by atoms with E-state index in [4.69, 9.17) is 0 Å². The number of fused-ring (bicyclic) bond motifs is 1. The van der Waals surface area contributed by atoms with Crippen molar-refractivity contribution in [2.75, 3.05) is 0 Å². The molecule has 0 radical (unpaired) electrons. The Bertz CT molecular complexity index is 478. The molecule has 4 heteroatoms. The number of thiazole rings is 1. The Labute approximate surface area is 94.7 Å². The van der Waals surface area contributed by atoms with Crippen molar-refractivity contribution >= 4 is 37.5 Å². The van der Waals surface area contributed by atoms with E-state index < -0.39 is 6.10 Å². The molecule has 1 atom stereocenters. The molecule has 2 aromatic rings. The summed E-state index contributed by atoms with van der Waals surface area (Å²) in [6, 6.07) is 3.95. The van der Waals surface area contributed by atoms with Crippen LogP contribution in [0.4, 0.5) is 0 Å². The van der Waals surface area contributed by atoms with Crippen molar-refractivity contribution in [3.63, 3.8) is 0 Å². The molecule has 0 bridgehead atoms. The summed E-state index contributed by atoms with van der Waals surface area (Å²) in [6.45, 7) is 3.74. The summed E-state index contributed by atoms with van der Waals surface area (Å²) >= 11 is 5.14. The Morgan fingerprint density at radius 2 is 2.21 bits per heavy atom. The van der Waals surface area contributed by atoms with Gasteiger partial charge in [0.2, 0.25) is 0 Å². The molecule has 14 heavy (non-hydrogen) atoms. The highest BCUT2D eigenvalue weighted by Gasteiger charge is 2.11. The van der Waals surface area contributed by atoms with Crippen molar-refractivity contribution in [3.8, 4) is 0 Å². The van der Waals surface area contributed by atoms with E-state index in [1.165, 1.54) is 0 Å². The Balaban J connectivity index is 2.74.